The van der Waals surface area contributed by atoms with Crippen molar-refractivity contribution in [2.24, 2.45) is 5.92 Å². The molecule has 0 saturated carbocycles. The Morgan fingerprint density at radius 1 is 0.975 bits per heavy atom. The number of carbonyl (C=O) groups is 2. The number of rotatable bonds is 11. The molecule has 0 spiro atoms. The molecule has 0 aliphatic carbocycles. The van der Waals surface area contributed by atoms with Crippen molar-refractivity contribution in [2.45, 2.75) is 46.7 Å². The molecule has 0 aromatic heterocycles. The fourth-order valence-electron chi connectivity index (χ4n) is 5.00. The number of aryl methyl sites for hydroxylation is 1. The van der Waals surface area contributed by atoms with Gasteiger partial charge in [0.25, 0.3) is 5.91 Å². The molecule has 208 valence electrons. The number of fused-ring (bicyclic) bond motifs is 1. The van der Waals surface area contributed by atoms with Gasteiger partial charge in [-0.15, -0.1) is 0 Å². The Morgan fingerprint density at radius 3 is 2.25 bits per heavy atom. The number of nitrogens with zero attached hydrogens (tertiary/aromatic N) is 4. The summed E-state index contributed by atoms with van der Waals surface area (Å²) < 4.78 is 0. The number of hydrogen-bond donors (Lipinski definition) is 1. The van der Waals surface area contributed by atoms with Gasteiger partial charge in [0.05, 0.1) is 19.7 Å². The van der Waals surface area contributed by atoms with Crippen LogP contribution in [0.5, 0.6) is 0 Å². The third-order valence-corrected chi connectivity index (χ3v) is 7.43. The van der Waals surface area contributed by atoms with Crippen molar-refractivity contribution in [3.8, 4) is 11.1 Å². The minimum Gasteiger partial charge on any atom is -0.355 e. The Morgan fingerprint density at radius 2 is 1.62 bits per heavy atom. The van der Waals surface area contributed by atoms with Gasteiger partial charge in [0.2, 0.25) is 5.91 Å². The number of carbonyl (C=O) groups excluding carboxylic acids is 2. The minimum atomic E-state index is -0.0981. The lowest BCUT2D eigenvalue weighted by Crippen LogP contribution is -2.48. The summed E-state index contributed by atoms with van der Waals surface area (Å²) in [7, 11) is 1.81. The van der Waals surface area contributed by atoms with E-state index in [-0.39, 0.29) is 24.9 Å². The maximum atomic E-state index is 13.6. The molecular formula is C33H39N5O2. The van der Waals surface area contributed by atoms with Crippen LogP contribution in [0.25, 0.3) is 16.0 Å². The normalized spacial score (nSPS) is 12.6. The van der Waals surface area contributed by atoms with E-state index >= 15 is 0 Å². The van der Waals surface area contributed by atoms with Crippen molar-refractivity contribution in [2.75, 3.05) is 31.6 Å². The Hall–Kier alpha value is -4.15. The maximum absolute atomic E-state index is 13.6. The maximum Gasteiger partial charge on any atom is 0.256 e. The Kier molecular flexibility index (Phi) is 9.57. The zero-order chi connectivity index (χ0) is 28.6. The van der Waals surface area contributed by atoms with Gasteiger partial charge >= 0.3 is 0 Å². The van der Waals surface area contributed by atoms with Crippen molar-refractivity contribution in [3.63, 3.8) is 0 Å². The molecule has 4 rings (SSSR count). The Balaban J connectivity index is 1.54. The monoisotopic (exact) mass is 537 g/mol. The molecule has 7 nitrogen and oxygen atoms in total. The van der Waals surface area contributed by atoms with Crippen molar-refractivity contribution in [1.82, 2.24) is 15.3 Å². The quantitative estimate of drug-likeness (QED) is 0.242. The molecule has 2 amide bonds. The number of hydrazine groups is 1. The van der Waals surface area contributed by atoms with E-state index in [4.69, 9.17) is 6.57 Å². The number of hydrogen-bond acceptors (Lipinski definition) is 4. The number of amides is 2. The van der Waals surface area contributed by atoms with Crippen LogP contribution in [-0.2, 0) is 22.7 Å². The molecular weight excluding hydrogens is 498 g/mol. The van der Waals surface area contributed by atoms with Gasteiger partial charge < -0.3 is 10.2 Å². The minimum absolute atomic E-state index is 0.0731. The first-order chi connectivity index (χ1) is 19.2. The first-order valence-corrected chi connectivity index (χ1v) is 13.9. The van der Waals surface area contributed by atoms with Gasteiger partial charge in [0.1, 0.15) is 0 Å². The fourth-order valence-corrected chi connectivity index (χ4v) is 5.00. The molecule has 0 atom stereocenters. The zero-order valence-corrected chi connectivity index (χ0v) is 24.0. The van der Waals surface area contributed by atoms with Gasteiger partial charge in [0, 0.05) is 32.4 Å². The van der Waals surface area contributed by atoms with Crippen LogP contribution in [0, 0.1) is 19.4 Å². The van der Waals surface area contributed by atoms with E-state index in [0.29, 0.717) is 31.2 Å². The standard InChI is InChI=1S/C33H39N5O2/c1-24(2)9-8-18-35-32(39)22-37(23-33(40)36(5)38-20-28-10-6-7-11-29(28)21-38)31-19-27(13-12-25(31)3)26-14-16-30(34-4)17-15-26/h6-7,10-17,19,24H,8-9,18,20-23H2,1-3,5H3,(H,35,39). The number of benzene rings is 3. The molecule has 0 saturated heterocycles. The first kappa shape index (κ1) is 28.8. The second-order valence-corrected chi connectivity index (χ2v) is 10.9. The molecule has 1 aliphatic rings. The molecule has 0 unspecified atom stereocenters. The van der Waals surface area contributed by atoms with Crippen molar-refractivity contribution in [3.05, 3.63) is 94.8 Å². The second-order valence-electron chi connectivity index (χ2n) is 10.9. The highest BCUT2D eigenvalue weighted by Crippen LogP contribution is 2.30. The highest BCUT2D eigenvalue weighted by molar-refractivity contribution is 5.87. The van der Waals surface area contributed by atoms with Crippen molar-refractivity contribution < 1.29 is 9.59 Å². The van der Waals surface area contributed by atoms with Crippen LogP contribution < -0.4 is 10.2 Å². The third kappa shape index (κ3) is 7.28. The van der Waals surface area contributed by atoms with Gasteiger partial charge in [-0.25, -0.2) is 9.85 Å². The lowest BCUT2D eigenvalue weighted by molar-refractivity contribution is -0.145. The van der Waals surface area contributed by atoms with Gasteiger partial charge in [-0.1, -0.05) is 74.5 Å². The first-order valence-electron chi connectivity index (χ1n) is 13.9. The summed E-state index contributed by atoms with van der Waals surface area (Å²) in [5.74, 6) is 0.415. The van der Waals surface area contributed by atoms with Crippen LogP contribution in [0.15, 0.2) is 66.7 Å². The topological polar surface area (TPSA) is 60.3 Å². The van der Waals surface area contributed by atoms with Gasteiger partial charge in [-0.2, -0.15) is 0 Å². The van der Waals surface area contributed by atoms with Gasteiger partial charge in [0.15, 0.2) is 5.69 Å². The van der Waals surface area contributed by atoms with Crippen LogP contribution in [0.4, 0.5) is 11.4 Å². The average molecular weight is 538 g/mol. The zero-order valence-electron chi connectivity index (χ0n) is 24.0. The van der Waals surface area contributed by atoms with Crippen molar-refractivity contribution >= 4 is 23.2 Å². The predicted molar refractivity (Wildman–Crippen MR) is 161 cm³/mol. The molecule has 7 heteroatoms. The number of likely N-dealkylation sites (N-methyl/N-ethyl adjacent to an activating group) is 1. The average Bonchev–Trinajstić information content (AvgIpc) is 3.39. The van der Waals surface area contributed by atoms with Crippen LogP contribution in [0.1, 0.15) is 43.4 Å². The molecule has 1 N–H and O–H groups in total. The van der Waals surface area contributed by atoms with E-state index in [1.165, 1.54) is 11.1 Å². The summed E-state index contributed by atoms with van der Waals surface area (Å²) in [5.41, 5.74) is 6.82. The third-order valence-electron chi connectivity index (χ3n) is 7.43. The van der Waals surface area contributed by atoms with Crippen LogP contribution >= 0.6 is 0 Å². The molecule has 40 heavy (non-hydrogen) atoms. The molecule has 0 radical (unpaired) electrons. The molecule has 3 aromatic carbocycles. The molecule has 0 bridgehead atoms. The summed E-state index contributed by atoms with van der Waals surface area (Å²) in [6.07, 6.45) is 1.98. The summed E-state index contributed by atoms with van der Waals surface area (Å²) in [5, 5.41) is 6.77. The second kappa shape index (κ2) is 13.3. The lowest BCUT2D eigenvalue weighted by Gasteiger charge is -2.32. The van der Waals surface area contributed by atoms with Gasteiger partial charge in [-0.05, 0) is 59.6 Å². The SMILES string of the molecule is [C-]#[N+]c1ccc(-c2ccc(C)c(N(CC(=O)NCCCC(C)C)CC(=O)N(C)N3Cc4ccccc4C3)c2)cc1. The van der Waals surface area contributed by atoms with E-state index in [9.17, 15) is 9.59 Å². The summed E-state index contributed by atoms with van der Waals surface area (Å²) >= 11 is 0. The molecule has 1 heterocycles. The summed E-state index contributed by atoms with van der Waals surface area (Å²) in [6.45, 7) is 15.7. The number of anilines is 1. The van der Waals surface area contributed by atoms with E-state index in [1.54, 1.807) is 24.2 Å². The van der Waals surface area contributed by atoms with Crippen LogP contribution in [-0.4, -0.2) is 48.5 Å². The Labute approximate surface area is 238 Å². The van der Waals surface area contributed by atoms with Gasteiger partial charge in [-0.3, -0.25) is 14.6 Å². The van der Waals surface area contributed by atoms with E-state index in [1.807, 2.05) is 59.3 Å². The predicted octanol–water partition coefficient (Wildman–Crippen LogP) is 5.96. The van der Waals surface area contributed by atoms with Crippen LogP contribution in [0.2, 0.25) is 0 Å². The fraction of sp³-hybridized carbons (Fsp3) is 0.364. The van der Waals surface area contributed by atoms with E-state index in [2.05, 4.69) is 36.1 Å². The highest BCUT2D eigenvalue weighted by Gasteiger charge is 2.27. The molecule has 3 aromatic rings. The lowest BCUT2D eigenvalue weighted by atomic mass is 10.0. The largest absolute Gasteiger partial charge is 0.355 e. The molecule has 1 aliphatic heterocycles. The Bertz CT molecular complexity index is 1350. The summed E-state index contributed by atoms with van der Waals surface area (Å²) in [4.78, 5) is 32.0. The highest BCUT2D eigenvalue weighted by atomic mass is 16.2. The smallest absolute Gasteiger partial charge is 0.256 e. The van der Waals surface area contributed by atoms with Crippen molar-refractivity contribution in [1.29, 1.82) is 0 Å². The van der Waals surface area contributed by atoms with E-state index < -0.39 is 0 Å². The number of nitrogens with one attached hydrogen (secondary N) is 1. The molecule has 0 fully saturated rings. The van der Waals surface area contributed by atoms with E-state index in [0.717, 1.165) is 35.2 Å². The van der Waals surface area contributed by atoms with Crippen LogP contribution in [0.3, 0.4) is 0 Å². The summed E-state index contributed by atoms with van der Waals surface area (Å²) in [6, 6.07) is 21.8.